The van der Waals surface area contributed by atoms with E-state index in [4.69, 9.17) is 13.0 Å². The summed E-state index contributed by atoms with van der Waals surface area (Å²) in [7, 11) is -3.12. The molecule has 1 N–H and O–H groups in total. The van der Waals surface area contributed by atoms with Crippen molar-refractivity contribution in [1.82, 2.24) is 0 Å². The first-order chi connectivity index (χ1) is 13.1. The molecule has 0 amide bonds. The third-order valence-corrected chi connectivity index (χ3v) is 5.76. The Morgan fingerprint density at radius 2 is 1.26 bits per heavy atom. The molecule has 1 heterocycles. The van der Waals surface area contributed by atoms with Gasteiger partial charge in [-0.25, -0.2) is 8.42 Å². The molecule has 0 aromatic carbocycles. The summed E-state index contributed by atoms with van der Waals surface area (Å²) < 4.78 is 25.5. The molecule has 0 aromatic heterocycles. The summed E-state index contributed by atoms with van der Waals surface area (Å²) in [4.78, 5) is 2.91. The zero-order valence-corrected chi connectivity index (χ0v) is 19.7. The fourth-order valence-electron chi connectivity index (χ4n) is 3.95. The minimum atomic E-state index is -3.12. The van der Waals surface area contributed by atoms with Crippen molar-refractivity contribution in [3.8, 4) is 10.8 Å². The number of thiol groups is 1. The SMILES string of the molecule is CCCCCCCCCCCCCC[N+]1(CC#CBr)CCCC1.O=[SH](=O)O. The maximum atomic E-state index is 8.59. The van der Waals surface area contributed by atoms with Crippen LogP contribution >= 0.6 is 15.9 Å². The molecule has 0 aliphatic carbocycles. The van der Waals surface area contributed by atoms with Crippen LogP contribution in [0.3, 0.4) is 0 Å². The van der Waals surface area contributed by atoms with E-state index < -0.39 is 11.0 Å². The maximum Gasteiger partial charge on any atom is 0.254 e. The summed E-state index contributed by atoms with van der Waals surface area (Å²) in [6, 6.07) is 0. The summed E-state index contributed by atoms with van der Waals surface area (Å²) in [5.41, 5.74) is 0. The smallest absolute Gasteiger partial charge is 0.254 e. The predicted molar refractivity (Wildman–Crippen MR) is 120 cm³/mol. The van der Waals surface area contributed by atoms with Crippen LogP contribution in [0.4, 0.5) is 0 Å². The Labute approximate surface area is 178 Å². The predicted octanol–water partition coefficient (Wildman–Crippen LogP) is 5.72. The molecule has 1 rings (SSSR count). The highest BCUT2D eigenvalue weighted by molar-refractivity contribution is 9.12. The van der Waals surface area contributed by atoms with E-state index in [1.165, 1.54) is 114 Å². The van der Waals surface area contributed by atoms with Gasteiger partial charge in [0.1, 0.15) is 6.54 Å². The van der Waals surface area contributed by atoms with Crippen molar-refractivity contribution in [1.29, 1.82) is 0 Å². The van der Waals surface area contributed by atoms with E-state index in [0.717, 1.165) is 6.54 Å². The third-order valence-electron chi connectivity index (χ3n) is 5.48. The van der Waals surface area contributed by atoms with Gasteiger partial charge in [-0.2, -0.15) is 0 Å². The lowest BCUT2D eigenvalue weighted by atomic mass is 10.1. The van der Waals surface area contributed by atoms with Crippen LogP contribution in [0.5, 0.6) is 0 Å². The van der Waals surface area contributed by atoms with Gasteiger partial charge in [-0.15, -0.1) is 0 Å². The quantitative estimate of drug-likeness (QED) is 0.113. The topological polar surface area (TPSA) is 54.4 Å². The Hall–Kier alpha value is -0.0900. The average Bonchev–Trinajstić information content (AvgIpc) is 3.09. The molecule has 0 atom stereocenters. The lowest BCUT2D eigenvalue weighted by Crippen LogP contribution is -2.46. The van der Waals surface area contributed by atoms with Gasteiger partial charge in [-0.3, -0.25) is 4.55 Å². The third kappa shape index (κ3) is 17.7. The number of likely N-dealkylation sites (tertiary alicyclic amines) is 1. The first-order valence-electron chi connectivity index (χ1n) is 10.8. The summed E-state index contributed by atoms with van der Waals surface area (Å²) in [6.45, 7) is 7.43. The van der Waals surface area contributed by atoms with Crippen LogP contribution in [-0.4, -0.2) is 43.6 Å². The van der Waals surface area contributed by atoms with E-state index in [1.54, 1.807) is 0 Å². The fourth-order valence-corrected chi connectivity index (χ4v) is 4.08. The Kier molecular flexibility index (Phi) is 19.2. The van der Waals surface area contributed by atoms with Gasteiger partial charge in [-0.05, 0) is 23.6 Å². The van der Waals surface area contributed by atoms with Crippen molar-refractivity contribution >= 4 is 26.9 Å². The van der Waals surface area contributed by atoms with Gasteiger partial charge in [0.05, 0.1) is 19.6 Å². The van der Waals surface area contributed by atoms with Crippen LogP contribution in [0.2, 0.25) is 0 Å². The van der Waals surface area contributed by atoms with Crippen molar-refractivity contribution in [3.63, 3.8) is 0 Å². The van der Waals surface area contributed by atoms with Crippen molar-refractivity contribution in [2.75, 3.05) is 26.2 Å². The molecule has 6 heteroatoms. The zero-order valence-electron chi connectivity index (χ0n) is 17.3. The minimum Gasteiger partial charge on any atom is -0.313 e. The van der Waals surface area contributed by atoms with E-state index in [1.807, 2.05) is 0 Å². The van der Waals surface area contributed by atoms with Crippen molar-refractivity contribution in [2.45, 2.75) is 96.8 Å². The molecule has 0 radical (unpaired) electrons. The monoisotopic (exact) mass is 466 g/mol. The highest BCUT2D eigenvalue weighted by Crippen LogP contribution is 2.21. The fraction of sp³-hybridized carbons (Fsp3) is 0.905. The van der Waals surface area contributed by atoms with E-state index in [0.29, 0.717) is 0 Å². The van der Waals surface area contributed by atoms with E-state index in [9.17, 15) is 0 Å². The van der Waals surface area contributed by atoms with E-state index >= 15 is 0 Å². The number of nitrogens with zero attached hydrogens (tertiary/aromatic N) is 1. The second-order valence-corrected chi connectivity index (χ2v) is 8.65. The highest BCUT2D eigenvalue weighted by atomic mass is 79.9. The molecule has 1 aliphatic heterocycles. The van der Waals surface area contributed by atoms with Crippen LogP contribution in [0.1, 0.15) is 96.8 Å². The molecule has 0 saturated carbocycles. The van der Waals surface area contributed by atoms with Gasteiger partial charge in [0.2, 0.25) is 0 Å². The summed E-state index contributed by atoms with van der Waals surface area (Å²) >= 11 is 3.25. The van der Waals surface area contributed by atoms with Gasteiger partial charge in [0.25, 0.3) is 11.0 Å². The van der Waals surface area contributed by atoms with Crippen LogP contribution in [0.25, 0.3) is 0 Å². The summed E-state index contributed by atoms with van der Waals surface area (Å²) in [6.07, 6.45) is 20.1. The molecule has 160 valence electrons. The normalized spacial score (nSPS) is 15.1. The zero-order chi connectivity index (χ0) is 20.2. The minimum absolute atomic E-state index is 1.06. The molecule has 0 unspecified atom stereocenters. The highest BCUT2D eigenvalue weighted by Gasteiger charge is 2.30. The van der Waals surface area contributed by atoms with Crippen LogP contribution < -0.4 is 0 Å². The number of halogens is 1. The van der Waals surface area contributed by atoms with Crippen LogP contribution in [0.15, 0.2) is 0 Å². The first kappa shape index (κ1) is 26.9. The number of unbranched alkanes of at least 4 members (excludes halogenated alkanes) is 11. The largest absolute Gasteiger partial charge is 0.313 e. The Morgan fingerprint density at radius 1 is 0.852 bits per heavy atom. The molecule has 1 aliphatic rings. The molecule has 1 fully saturated rings. The summed E-state index contributed by atoms with van der Waals surface area (Å²) in [5.74, 6) is 3.26. The number of rotatable bonds is 14. The van der Waals surface area contributed by atoms with Crippen LogP contribution in [0, 0.1) is 10.8 Å². The van der Waals surface area contributed by atoms with Crippen molar-refractivity contribution in [2.24, 2.45) is 0 Å². The first-order valence-corrected chi connectivity index (χ1v) is 12.8. The molecular formula is C21H41BrNO3S+. The number of quaternary nitrogens is 1. The molecule has 1 saturated heterocycles. The Bertz CT molecular complexity index is 458. The second-order valence-electron chi connectivity index (χ2n) is 7.78. The molecule has 0 aromatic rings. The van der Waals surface area contributed by atoms with E-state index in [2.05, 4.69) is 33.6 Å². The van der Waals surface area contributed by atoms with Gasteiger partial charge < -0.3 is 4.48 Å². The standard InChI is InChI=1S/C21H39BrN.H2O3S/c1-2-3-4-5-6-7-8-9-10-11-12-13-18-23(21-16-17-22)19-14-15-20-23;1-4(2)3/h2-15,18-21H2,1H3;4H,(H,1,2,3)/q+1;. The molecule has 4 nitrogen and oxygen atoms in total. The molecule has 0 spiro atoms. The lowest BCUT2D eigenvalue weighted by Gasteiger charge is -2.32. The Morgan fingerprint density at radius 3 is 1.67 bits per heavy atom. The van der Waals surface area contributed by atoms with Crippen molar-refractivity contribution in [3.05, 3.63) is 0 Å². The number of hydrogen-bond acceptors (Lipinski definition) is 2. The van der Waals surface area contributed by atoms with Crippen LogP contribution in [-0.2, 0) is 11.0 Å². The second kappa shape index (κ2) is 19.2. The van der Waals surface area contributed by atoms with Gasteiger partial charge in [0, 0.05) is 28.8 Å². The lowest BCUT2D eigenvalue weighted by molar-refractivity contribution is -0.910. The maximum absolute atomic E-state index is 8.59. The Balaban J connectivity index is 0.00000153. The van der Waals surface area contributed by atoms with Crippen molar-refractivity contribution < 1.29 is 17.5 Å². The molecule has 0 bridgehead atoms. The van der Waals surface area contributed by atoms with Gasteiger partial charge in [-0.1, -0.05) is 71.1 Å². The molecular weight excluding hydrogens is 426 g/mol. The average molecular weight is 468 g/mol. The summed E-state index contributed by atoms with van der Waals surface area (Å²) in [5, 5.41) is 0. The number of hydrogen-bond donors (Lipinski definition) is 2. The van der Waals surface area contributed by atoms with Gasteiger partial charge >= 0.3 is 0 Å². The molecule has 27 heavy (non-hydrogen) atoms. The van der Waals surface area contributed by atoms with Gasteiger partial charge in [0.15, 0.2) is 0 Å². The van der Waals surface area contributed by atoms with E-state index in [-0.39, 0.29) is 0 Å².